The van der Waals surface area contributed by atoms with Crippen molar-refractivity contribution in [3.63, 3.8) is 0 Å². The van der Waals surface area contributed by atoms with Gasteiger partial charge in [0.05, 0.1) is 6.42 Å². The summed E-state index contributed by atoms with van der Waals surface area (Å²) in [6, 6.07) is 3.85. The summed E-state index contributed by atoms with van der Waals surface area (Å²) in [4.78, 5) is 40.2. The van der Waals surface area contributed by atoms with Crippen LogP contribution in [0, 0.1) is 0 Å². The van der Waals surface area contributed by atoms with Crippen LogP contribution in [0.3, 0.4) is 0 Å². The largest absolute Gasteiger partial charge is 0.481 e. The van der Waals surface area contributed by atoms with E-state index in [0.29, 0.717) is 11.1 Å². The number of carbonyl (C=O) groups excluding carboxylic acids is 2. The number of carboxylic acids is 1. The second kappa shape index (κ2) is 6.00. The molecule has 2 rings (SSSR count). The molecule has 1 atom stereocenters. The third-order valence-electron chi connectivity index (χ3n) is 2.89. The Kier molecular flexibility index (Phi) is 4.33. The minimum absolute atomic E-state index is 0.171. The van der Waals surface area contributed by atoms with E-state index in [1.807, 2.05) is 0 Å². The maximum Gasteiger partial charge on any atom is 0.305 e. The molecule has 1 aromatic rings. The van der Waals surface area contributed by atoms with Crippen LogP contribution in [-0.2, 0) is 9.59 Å². The third-order valence-corrected chi connectivity index (χ3v) is 3.34. The van der Waals surface area contributed by atoms with Crippen molar-refractivity contribution in [3.05, 3.63) is 28.5 Å². The fourth-order valence-corrected chi connectivity index (χ4v) is 2.34. The number of pyridine rings is 1. The quantitative estimate of drug-likeness (QED) is 0.768. The Morgan fingerprint density at radius 1 is 1.50 bits per heavy atom. The minimum Gasteiger partial charge on any atom is -0.481 e. The Morgan fingerprint density at radius 3 is 2.90 bits per heavy atom. The first kappa shape index (κ1) is 14.4. The number of hydrogen-bond donors (Lipinski definition) is 2. The fraction of sp³-hybridized carbons (Fsp3) is 0.333. The Bertz CT molecular complexity index is 563. The summed E-state index contributed by atoms with van der Waals surface area (Å²) in [6.07, 6.45) is -0.425. The zero-order valence-corrected chi connectivity index (χ0v) is 12.0. The Morgan fingerprint density at radius 2 is 2.25 bits per heavy atom. The van der Waals surface area contributed by atoms with Crippen molar-refractivity contribution in [1.29, 1.82) is 0 Å². The Hall–Kier alpha value is -1.96. The van der Waals surface area contributed by atoms with Gasteiger partial charge < -0.3 is 15.3 Å². The molecule has 1 aliphatic heterocycles. The molecule has 2 heterocycles. The van der Waals surface area contributed by atoms with Gasteiger partial charge in [-0.3, -0.25) is 14.4 Å². The summed E-state index contributed by atoms with van der Waals surface area (Å²) in [7, 11) is 0. The monoisotopic (exact) mass is 341 g/mol. The molecule has 1 fully saturated rings. The van der Waals surface area contributed by atoms with Gasteiger partial charge in [-0.2, -0.15) is 0 Å². The van der Waals surface area contributed by atoms with Gasteiger partial charge in [0.25, 0.3) is 5.91 Å². The van der Waals surface area contributed by atoms with Gasteiger partial charge in [-0.15, -0.1) is 0 Å². The average Bonchev–Trinajstić information content (AvgIpc) is 2.40. The molecule has 0 spiro atoms. The van der Waals surface area contributed by atoms with E-state index in [2.05, 4.69) is 26.2 Å². The molecule has 20 heavy (non-hydrogen) atoms. The van der Waals surface area contributed by atoms with Crippen LogP contribution in [0.15, 0.2) is 22.8 Å². The van der Waals surface area contributed by atoms with Gasteiger partial charge in [-0.05, 0) is 28.1 Å². The zero-order chi connectivity index (χ0) is 14.7. The van der Waals surface area contributed by atoms with Crippen molar-refractivity contribution in [2.45, 2.75) is 12.5 Å². The highest BCUT2D eigenvalue weighted by Crippen LogP contribution is 2.14. The predicted octanol–water partition coefficient (Wildman–Crippen LogP) is 0.259. The molecule has 0 aliphatic carbocycles. The summed E-state index contributed by atoms with van der Waals surface area (Å²) in [5, 5.41) is 11.4. The number of aromatic nitrogens is 1. The fourth-order valence-electron chi connectivity index (χ4n) is 2.00. The molecule has 106 valence electrons. The highest BCUT2D eigenvalue weighted by Gasteiger charge is 2.35. The number of amides is 2. The second-order valence-electron chi connectivity index (χ2n) is 4.25. The van der Waals surface area contributed by atoms with Crippen LogP contribution in [-0.4, -0.2) is 51.9 Å². The van der Waals surface area contributed by atoms with Crippen molar-refractivity contribution in [2.75, 3.05) is 13.1 Å². The summed E-state index contributed by atoms with van der Waals surface area (Å²) >= 11 is 3.17. The Labute approximate surface area is 123 Å². The maximum absolute atomic E-state index is 12.4. The lowest BCUT2D eigenvalue weighted by atomic mass is 10.1. The van der Waals surface area contributed by atoms with Crippen LogP contribution in [0.2, 0.25) is 0 Å². The lowest BCUT2D eigenvalue weighted by Crippen LogP contribution is -2.57. The van der Waals surface area contributed by atoms with E-state index in [1.54, 1.807) is 12.1 Å². The van der Waals surface area contributed by atoms with Crippen LogP contribution in [0.4, 0.5) is 0 Å². The first-order chi connectivity index (χ1) is 9.49. The number of nitrogens with zero attached hydrogens (tertiary/aromatic N) is 2. The molecule has 2 amide bonds. The van der Waals surface area contributed by atoms with Gasteiger partial charge in [0.2, 0.25) is 5.91 Å². The number of piperazine rings is 1. The van der Waals surface area contributed by atoms with Gasteiger partial charge in [-0.1, -0.05) is 6.07 Å². The SMILES string of the molecule is O=C(O)CC1C(=O)NCCN1C(=O)c1cccc(Br)n1. The van der Waals surface area contributed by atoms with Crippen LogP contribution < -0.4 is 5.32 Å². The topological polar surface area (TPSA) is 99.6 Å². The number of aliphatic carboxylic acids is 1. The predicted molar refractivity (Wildman–Crippen MR) is 72.0 cm³/mol. The van der Waals surface area contributed by atoms with E-state index in [4.69, 9.17) is 5.11 Å². The van der Waals surface area contributed by atoms with E-state index in [9.17, 15) is 14.4 Å². The third kappa shape index (κ3) is 3.13. The summed E-state index contributed by atoms with van der Waals surface area (Å²) in [6.45, 7) is 0.561. The molecule has 1 aromatic heterocycles. The number of hydrogen-bond acceptors (Lipinski definition) is 4. The van der Waals surface area contributed by atoms with Gasteiger partial charge in [0.15, 0.2) is 0 Å². The maximum atomic E-state index is 12.4. The molecule has 8 heteroatoms. The smallest absolute Gasteiger partial charge is 0.305 e. The first-order valence-electron chi connectivity index (χ1n) is 5.92. The normalized spacial score (nSPS) is 18.6. The lowest BCUT2D eigenvalue weighted by Gasteiger charge is -2.34. The molecule has 0 saturated carbocycles. The van der Waals surface area contributed by atoms with Crippen LogP contribution in [0.1, 0.15) is 16.9 Å². The van der Waals surface area contributed by atoms with E-state index >= 15 is 0 Å². The number of carbonyl (C=O) groups is 3. The van der Waals surface area contributed by atoms with Crippen molar-refractivity contribution >= 4 is 33.7 Å². The molecule has 2 N–H and O–H groups in total. The zero-order valence-electron chi connectivity index (χ0n) is 10.4. The molecule has 7 nitrogen and oxygen atoms in total. The summed E-state index contributed by atoms with van der Waals surface area (Å²) < 4.78 is 0.500. The molecule has 1 unspecified atom stereocenters. The molecule has 0 aromatic carbocycles. The number of rotatable bonds is 3. The first-order valence-corrected chi connectivity index (χ1v) is 6.71. The van der Waals surface area contributed by atoms with Gasteiger partial charge in [-0.25, -0.2) is 4.98 Å². The van der Waals surface area contributed by atoms with Crippen LogP contribution in [0.5, 0.6) is 0 Å². The summed E-state index contributed by atoms with van der Waals surface area (Å²) in [5.74, 6) is -2.04. The van der Waals surface area contributed by atoms with Crippen molar-refractivity contribution in [2.24, 2.45) is 0 Å². The molecule has 0 bridgehead atoms. The molecule has 1 saturated heterocycles. The highest BCUT2D eigenvalue weighted by molar-refractivity contribution is 9.10. The van der Waals surface area contributed by atoms with E-state index in [0.717, 1.165) is 0 Å². The lowest BCUT2D eigenvalue weighted by molar-refractivity contribution is -0.142. The van der Waals surface area contributed by atoms with Gasteiger partial charge >= 0.3 is 5.97 Å². The van der Waals surface area contributed by atoms with Crippen molar-refractivity contribution < 1.29 is 19.5 Å². The average molecular weight is 342 g/mol. The standard InChI is InChI=1S/C12H12BrN3O4/c13-9-3-1-2-7(15-9)12(20)16-5-4-14-11(19)8(16)6-10(17)18/h1-3,8H,4-6H2,(H,14,19)(H,17,18). The van der Waals surface area contributed by atoms with Crippen molar-refractivity contribution in [1.82, 2.24) is 15.2 Å². The van der Waals surface area contributed by atoms with Gasteiger partial charge in [0.1, 0.15) is 16.3 Å². The number of carboxylic acid groups (broad SMARTS) is 1. The van der Waals surface area contributed by atoms with E-state index < -0.39 is 30.2 Å². The molecular formula is C12H12BrN3O4. The number of nitrogens with one attached hydrogen (secondary N) is 1. The van der Waals surface area contributed by atoms with Crippen LogP contribution >= 0.6 is 15.9 Å². The minimum atomic E-state index is -1.13. The molecular weight excluding hydrogens is 330 g/mol. The molecule has 0 radical (unpaired) electrons. The van der Waals surface area contributed by atoms with E-state index in [1.165, 1.54) is 11.0 Å². The van der Waals surface area contributed by atoms with Gasteiger partial charge in [0, 0.05) is 13.1 Å². The van der Waals surface area contributed by atoms with Crippen molar-refractivity contribution in [3.8, 4) is 0 Å². The molecule has 1 aliphatic rings. The van der Waals surface area contributed by atoms with Crippen LogP contribution in [0.25, 0.3) is 0 Å². The summed E-state index contributed by atoms with van der Waals surface area (Å²) in [5.41, 5.74) is 0.171. The highest BCUT2D eigenvalue weighted by atomic mass is 79.9. The number of halogens is 1. The second-order valence-corrected chi connectivity index (χ2v) is 5.06. The Balaban J connectivity index is 2.25. The van der Waals surface area contributed by atoms with E-state index in [-0.39, 0.29) is 12.2 Å².